The van der Waals surface area contributed by atoms with Gasteiger partial charge in [-0.3, -0.25) is 0 Å². The summed E-state index contributed by atoms with van der Waals surface area (Å²) in [5.41, 5.74) is 13.9. The second kappa shape index (κ2) is 12.8. The molecule has 0 unspecified atom stereocenters. The van der Waals surface area contributed by atoms with Crippen molar-refractivity contribution in [2.24, 2.45) is 0 Å². The van der Waals surface area contributed by atoms with Crippen LogP contribution in [-0.2, 0) is 0 Å². The van der Waals surface area contributed by atoms with E-state index in [1.165, 1.54) is 98.5 Å². The molecule has 0 saturated heterocycles. The highest BCUT2D eigenvalue weighted by atomic mass is 16.3. The molecule has 60 heavy (non-hydrogen) atoms. The van der Waals surface area contributed by atoms with Crippen molar-refractivity contribution in [3.05, 3.63) is 206 Å². The first-order valence-electron chi connectivity index (χ1n) is 20.7. The van der Waals surface area contributed by atoms with Crippen LogP contribution in [0.2, 0.25) is 0 Å². The van der Waals surface area contributed by atoms with Gasteiger partial charge >= 0.3 is 0 Å². The van der Waals surface area contributed by atoms with Gasteiger partial charge in [-0.05, 0) is 113 Å². The molecule has 0 radical (unpaired) electrons. The van der Waals surface area contributed by atoms with Crippen LogP contribution in [0.5, 0.6) is 0 Å². The maximum Gasteiger partial charge on any atom is 0.143 e. The van der Waals surface area contributed by atoms with Gasteiger partial charge in [0, 0.05) is 37.8 Å². The third-order valence-corrected chi connectivity index (χ3v) is 12.8. The number of rotatable bonds is 4. The summed E-state index contributed by atoms with van der Waals surface area (Å²) in [5.74, 6) is 0. The molecular weight excluding hydrogens is 727 g/mol. The Morgan fingerprint density at radius 3 is 1.32 bits per heavy atom. The third kappa shape index (κ3) is 4.82. The molecule has 0 saturated carbocycles. The summed E-state index contributed by atoms with van der Waals surface area (Å²) < 4.78 is 6.47. The van der Waals surface area contributed by atoms with Crippen LogP contribution in [0.25, 0.3) is 131 Å². The average Bonchev–Trinajstić information content (AvgIpc) is 3.89. The molecule has 2 heterocycles. The van der Waals surface area contributed by atoms with Crippen molar-refractivity contribution >= 4 is 86.8 Å². The lowest BCUT2D eigenvalue weighted by atomic mass is 9.84. The van der Waals surface area contributed by atoms with E-state index < -0.39 is 0 Å². The van der Waals surface area contributed by atoms with Gasteiger partial charge in [0.1, 0.15) is 11.2 Å². The molecule has 278 valence electrons. The summed E-state index contributed by atoms with van der Waals surface area (Å²) in [4.78, 5) is 3.72. The molecule has 0 atom stereocenters. The van der Waals surface area contributed by atoms with Gasteiger partial charge in [-0.2, -0.15) is 0 Å². The summed E-state index contributed by atoms with van der Waals surface area (Å²) in [6.45, 7) is 0. The van der Waals surface area contributed by atoms with Gasteiger partial charge in [0.25, 0.3) is 0 Å². The Bertz CT molecular complexity index is 3590. The molecule has 0 aliphatic heterocycles. The first-order chi connectivity index (χ1) is 29.8. The van der Waals surface area contributed by atoms with Crippen molar-refractivity contribution < 1.29 is 4.42 Å². The molecule has 0 spiro atoms. The number of H-pyrrole nitrogens is 1. The summed E-state index contributed by atoms with van der Waals surface area (Å²) in [5, 5.41) is 14.5. The van der Waals surface area contributed by atoms with E-state index in [1.807, 2.05) is 6.07 Å². The van der Waals surface area contributed by atoms with Crippen molar-refractivity contribution in [3.63, 3.8) is 0 Å². The van der Waals surface area contributed by atoms with Gasteiger partial charge in [0.15, 0.2) is 0 Å². The first kappa shape index (κ1) is 33.1. The molecule has 11 aromatic carbocycles. The topological polar surface area (TPSA) is 28.9 Å². The van der Waals surface area contributed by atoms with Crippen LogP contribution in [0, 0.1) is 0 Å². The van der Waals surface area contributed by atoms with Crippen LogP contribution in [0.15, 0.2) is 211 Å². The maximum atomic E-state index is 6.47. The van der Waals surface area contributed by atoms with Crippen LogP contribution in [0.1, 0.15) is 0 Å². The molecule has 2 aromatic heterocycles. The Hall–Kier alpha value is -7.94. The quantitative estimate of drug-likeness (QED) is 0.178. The van der Waals surface area contributed by atoms with E-state index in [-0.39, 0.29) is 0 Å². The minimum absolute atomic E-state index is 0.913. The van der Waals surface area contributed by atoms with Crippen molar-refractivity contribution in [2.45, 2.75) is 0 Å². The van der Waals surface area contributed by atoms with Crippen molar-refractivity contribution in [2.75, 3.05) is 0 Å². The molecule has 2 nitrogen and oxygen atoms in total. The number of para-hydroxylation sites is 2. The Morgan fingerprint density at radius 1 is 0.283 bits per heavy atom. The SMILES string of the molecule is c1cc(-c2c3ccccc3c(-c3cccc(-c4cc5c6ccccc6oc5c5ccccc45)c3)c3ccccc23)cc(-c2cc3c4ccccc4[nH]c3c3ccccc23)c1. The highest BCUT2D eigenvalue weighted by Crippen LogP contribution is 2.47. The average molecular weight is 762 g/mol. The van der Waals surface area contributed by atoms with Gasteiger partial charge in [0.05, 0.1) is 5.52 Å². The lowest BCUT2D eigenvalue weighted by Crippen LogP contribution is -1.92. The van der Waals surface area contributed by atoms with E-state index in [0.717, 1.165) is 32.8 Å². The summed E-state index contributed by atoms with van der Waals surface area (Å²) in [6, 6.07) is 75.4. The third-order valence-electron chi connectivity index (χ3n) is 12.8. The van der Waals surface area contributed by atoms with E-state index in [1.54, 1.807) is 0 Å². The summed E-state index contributed by atoms with van der Waals surface area (Å²) in [6.07, 6.45) is 0. The van der Waals surface area contributed by atoms with Crippen LogP contribution in [-0.4, -0.2) is 4.98 Å². The largest absolute Gasteiger partial charge is 0.455 e. The number of aromatic amines is 1. The van der Waals surface area contributed by atoms with Crippen LogP contribution in [0.4, 0.5) is 0 Å². The Kier molecular flexibility index (Phi) is 7.05. The second-order valence-electron chi connectivity index (χ2n) is 16.0. The molecule has 13 aromatic rings. The second-order valence-corrected chi connectivity index (χ2v) is 16.0. The normalized spacial score (nSPS) is 12.0. The number of hydrogen-bond donors (Lipinski definition) is 1. The number of benzene rings is 11. The minimum Gasteiger partial charge on any atom is -0.455 e. The predicted molar refractivity (Wildman–Crippen MR) is 255 cm³/mol. The van der Waals surface area contributed by atoms with Gasteiger partial charge in [-0.25, -0.2) is 0 Å². The summed E-state index contributed by atoms with van der Waals surface area (Å²) in [7, 11) is 0. The minimum atomic E-state index is 0.913. The summed E-state index contributed by atoms with van der Waals surface area (Å²) >= 11 is 0. The number of furan rings is 1. The monoisotopic (exact) mass is 761 g/mol. The van der Waals surface area contributed by atoms with Gasteiger partial charge in [0.2, 0.25) is 0 Å². The van der Waals surface area contributed by atoms with E-state index in [9.17, 15) is 0 Å². The zero-order chi connectivity index (χ0) is 39.3. The van der Waals surface area contributed by atoms with Crippen LogP contribution >= 0.6 is 0 Å². The van der Waals surface area contributed by atoms with Crippen LogP contribution < -0.4 is 0 Å². The van der Waals surface area contributed by atoms with Crippen molar-refractivity contribution in [1.82, 2.24) is 4.98 Å². The Morgan fingerprint density at radius 2 is 0.717 bits per heavy atom. The van der Waals surface area contributed by atoms with E-state index in [4.69, 9.17) is 4.42 Å². The number of aromatic nitrogens is 1. The van der Waals surface area contributed by atoms with E-state index >= 15 is 0 Å². The zero-order valence-electron chi connectivity index (χ0n) is 32.5. The number of nitrogens with one attached hydrogen (secondary N) is 1. The molecule has 1 N–H and O–H groups in total. The number of fused-ring (bicyclic) bond motifs is 12. The smallest absolute Gasteiger partial charge is 0.143 e. The van der Waals surface area contributed by atoms with Gasteiger partial charge < -0.3 is 9.40 Å². The lowest BCUT2D eigenvalue weighted by molar-refractivity contribution is 0.672. The maximum absolute atomic E-state index is 6.47. The van der Waals surface area contributed by atoms with Gasteiger partial charge in [-0.1, -0.05) is 170 Å². The molecule has 2 heteroatoms. The lowest BCUT2D eigenvalue weighted by Gasteiger charge is -2.19. The molecule has 0 amide bonds. The standard InChI is InChI=1S/C58H35NO/c1-7-27-47-39(19-1)49(33-51-41-21-9-11-29-53(41)59-57(47)51)35-15-13-17-37(31-35)55-43-23-3-5-25-45(43)56(46-26-6-4-24-44(46)55)38-18-14-16-36(32-38)50-34-52-42-22-10-12-30-54(42)60-58(52)48-28-8-2-20-40(48)50/h1-34,59H. The molecular formula is C58H35NO. The highest BCUT2D eigenvalue weighted by molar-refractivity contribution is 6.24. The molecule has 0 aliphatic rings. The van der Waals surface area contributed by atoms with Crippen molar-refractivity contribution in [3.8, 4) is 44.5 Å². The highest BCUT2D eigenvalue weighted by Gasteiger charge is 2.20. The fourth-order valence-corrected chi connectivity index (χ4v) is 10.1. The predicted octanol–water partition coefficient (Wildman–Crippen LogP) is 16.5. The fraction of sp³-hybridized carbons (Fsp3) is 0. The van der Waals surface area contributed by atoms with E-state index in [0.29, 0.717) is 0 Å². The molecule has 13 rings (SSSR count). The molecule has 0 aliphatic carbocycles. The van der Waals surface area contributed by atoms with Crippen LogP contribution in [0.3, 0.4) is 0 Å². The first-order valence-corrected chi connectivity index (χ1v) is 20.7. The Labute approximate surface area is 345 Å². The molecule has 0 bridgehead atoms. The fourth-order valence-electron chi connectivity index (χ4n) is 10.1. The Balaban J connectivity index is 1.02. The van der Waals surface area contributed by atoms with Gasteiger partial charge in [-0.15, -0.1) is 0 Å². The van der Waals surface area contributed by atoms with Crippen molar-refractivity contribution in [1.29, 1.82) is 0 Å². The zero-order valence-corrected chi connectivity index (χ0v) is 32.5. The molecule has 0 fully saturated rings. The van der Waals surface area contributed by atoms with E-state index in [2.05, 4.69) is 205 Å². The number of hydrogen-bond acceptors (Lipinski definition) is 1.